The van der Waals surface area contributed by atoms with Crippen LogP contribution < -0.4 is 21.7 Å². The van der Waals surface area contributed by atoms with E-state index in [-0.39, 0.29) is 25.2 Å². The zero-order valence-electron chi connectivity index (χ0n) is 24.6. The van der Waals surface area contributed by atoms with Crippen molar-refractivity contribution >= 4 is 36.3 Å². The topological polar surface area (TPSA) is 180 Å². The minimum atomic E-state index is -1.35. The summed E-state index contributed by atoms with van der Waals surface area (Å²) in [6.45, 7) is 8.26. The van der Waals surface area contributed by atoms with E-state index in [1.165, 1.54) is 12.1 Å². The minimum absolute atomic E-state index is 0.0545. The highest BCUT2D eigenvalue weighted by atomic mass is 32.1. The van der Waals surface area contributed by atoms with Gasteiger partial charge in [0.05, 0.1) is 18.2 Å². The molecule has 0 bridgehead atoms. The fourth-order valence-corrected chi connectivity index (χ4v) is 4.06. The van der Waals surface area contributed by atoms with Crippen LogP contribution in [-0.4, -0.2) is 75.0 Å². The fraction of sp³-hybridized carbons (Fsp3) is 0.467. The Kier molecular flexibility index (Phi) is 12.4. The smallest absolute Gasteiger partial charge is 0.327 e. The first-order valence-electron chi connectivity index (χ1n) is 13.5. The molecule has 0 heterocycles. The number of phenolic OH excluding ortho intramolecular Hbond substituents is 1. The number of rotatable bonds is 14. The normalized spacial score (nSPS) is 14.6. The van der Waals surface area contributed by atoms with Crippen LogP contribution in [0.3, 0.4) is 0 Å². The van der Waals surface area contributed by atoms with Crippen molar-refractivity contribution in [2.75, 3.05) is 6.61 Å². The molecule has 2 aromatic carbocycles. The van der Waals surface area contributed by atoms with E-state index in [9.17, 15) is 29.4 Å². The van der Waals surface area contributed by atoms with Gasteiger partial charge in [0, 0.05) is 11.2 Å². The number of aliphatic carboxylic acids is 1. The van der Waals surface area contributed by atoms with Gasteiger partial charge in [-0.3, -0.25) is 14.4 Å². The first-order chi connectivity index (χ1) is 19.5. The Bertz CT molecular complexity index is 1210. The van der Waals surface area contributed by atoms with Gasteiger partial charge in [-0.2, -0.15) is 12.6 Å². The highest BCUT2D eigenvalue weighted by molar-refractivity contribution is 7.81. The number of benzene rings is 2. The van der Waals surface area contributed by atoms with Crippen molar-refractivity contribution in [3.63, 3.8) is 0 Å². The number of ether oxygens (including phenoxy) is 1. The van der Waals surface area contributed by atoms with Crippen LogP contribution in [0.15, 0.2) is 54.6 Å². The summed E-state index contributed by atoms with van der Waals surface area (Å²) >= 11 is 4.31. The number of nitrogens with one attached hydrogen (secondary N) is 3. The molecule has 2 aromatic rings. The Labute approximate surface area is 252 Å². The van der Waals surface area contributed by atoms with E-state index in [1.54, 1.807) is 77.1 Å². The number of thiol groups is 1. The van der Waals surface area contributed by atoms with Crippen LogP contribution in [0.25, 0.3) is 0 Å². The summed E-state index contributed by atoms with van der Waals surface area (Å²) in [4.78, 5) is 51.8. The number of hydrogen-bond donors (Lipinski definition) is 7. The van der Waals surface area contributed by atoms with Crippen molar-refractivity contribution in [1.82, 2.24) is 16.0 Å². The maximum atomic E-state index is 13.5. The summed E-state index contributed by atoms with van der Waals surface area (Å²) in [5, 5.41) is 26.9. The summed E-state index contributed by atoms with van der Waals surface area (Å²) < 4.78 is 4.69. The quantitative estimate of drug-likeness (QED) is 0.159. The fourth-order valence-electron chi connectivity index (χ4n) is 3.89. The Morgan fingerprint density at radius 1 is 0.810 bits per heavy atom. The SMILES string of the molecule is CC(C)(C)OC[C@@H](NC(=O)[C@@H](N)Cc1ccc(O)cc1)C(=O)N[C@@H](Cc1ccccc1)C(=O)N[C@@H](C(=O)O)C(C)(C)S. The van der Waals surface area contributed by atoms with E-state index >= 15 is 0 Å². The van der Waals surface area contributed by atoms with Gasteiger partial charge in [0.25, 0.3) is 0 Å². The maximum absolute atomic E-state index is 13.5. The van der Waals surface area contributed by atoms with Gasteiger partial charge >= 0.3 is 5.97 Å². The number of carboxylic acid groups (broad SMARTS) is 1. The van der Waals surface area contributed by atoms with Gasteiger partial charge in [-0.1, -0.05) is 42.5 Å². The van der Waals surface area contributed by atoms with Gasteiger partial charge in [0.2, 0.25) is 17.7 Å². The average molecular weight is 603 g/mol. The summed E-state index contributed by atoms with van der Waals surface area (Å²) in [6, 6.07) is 10.4. The van der Waals surface area contributed by atoms with Gasteiger partial charge < -0.3 is 36.6 Å². The van der Waals surface area contributed by atoms with E-state index < -0.39 is 58.2 Å². The molecular weight excluding hydrogens is 560 g/mol. The maximum Gasteiger partial charge on any atom is 0.327 e. The van der Waals surface area contributed by atoms with Crippen molar-refractivity contribution in [2.24, 2.45) is 5.73 Å². The van der Waals surface area contributed by atoms with Gasteiger partial charge in [-0.25, -0.2) is 4.79 Å². The summed E-state index contributed by atoms with van der Waals surface area (Å²) in [6.07, 6.45) is 0.203. The lowest BCUT2D eigenvalue weighted by Gasteiger charge is -2.30. The van der Waals surface area contributed by atoms with Crippen LogP contribution in [0.2, 0.25) is 0 Å². The molecule has 42 heavy (non-hydrogen) atoms. The number of nitrogens with two attached hydrogens (primary N) is 1. The average Bonchev–Trinajstić information content (AvgIpc) is 2.89. The van der Waals surface area contributed by atoms with E-state index in [1.807, 2.05) is 0 Å². The Morgan fingerprint density at radius 2 is 1.33 bits per heavy atom. The van der Waals surface area contributed by atoms with Crippen molar-refractivity contribution in [1.29, 1.82) is 0 Å². The van der Waals surface area contributed by atoms with E-state index in [0.717, 1.165) is 5.56 Å². The van der Waals surface area contributed by atoms with Crippen LogP contribution in [0, 0.1) is 0 Å². The highest BCUT2D eigenvalue weighted by Crippen LogP contribution is 2.18. The van der Waals surface area contributed by atoms with Crippen molar-refractivity contribution < 1.29 is 34.1 Å². The molecule has 0 saturated carbocycles. The van der Waals surface area contributed by atoms with Crippen molar-refractivity contribution in [2.45, 2.75) is 82.0 Å². The third-order valence-electron chi connectivity index (χ3n) is 6.20. The van der Waals surface area contributed by atoms with Crippen LogP contribution >= 0.6 is 12.6 Å². The van der Waals surface area contributed by atoms with Gasteiger partial charge in [0.15, 0.2) is 0 Å². The lowest BCUT2D eigenvalue weighted by molar-refractivity contribution is -0.143. The van der Waals surface area contributed by atoms with Gasteiger partial charge in [-0.05, 0) is 64.3 Å². The third kappa shape index (κ3) is 11.7. The highest BCUT2D eigenvalue weighted by Gasteiger charge is 2.36. The molecule has 7 N–H and O–H groups in total. The molecule has 3 amide bonds. The Hall–Kier alpha value is -3.61. The first-order valence-corrected chi connectivity index (χ1v) is 14.0. The minimum Gasteiger partial charge on any atom is -0.508 e. The molecule has 230 valence electrons. The van der Waals surface area contributed by atoms with Crippen molar-refractivity contribution in [3.8, 4) is 5.75 Å². The standard InChI is InChI=1S/C30H42N4O7S/c1-29(2,3)41-17-23(33-25(36)21(31)15-19-11-13-20(35)14-12-19)27(38)32-22(16-18-9-7-6-8-10-18)26(37)34-24(28(39)40)30(4,5)42/h6-14,21-24,35,42H,15-17,31H2,1-5H3,(H,32,38)(H,33,36)(H,34,37)(H,39,40)/t21-,22-,23+,24-/m0/s1. The summed E-state index contributed by atoms with van der Waals surface area (Å²) in [7, 11) is 0. The second-order valence-electron chi connectivity index (χ2n) is 11.6. The number of carboxylic acids is 1. The molecule has 0 aromatic heterocycles. The zero-order chi connectivity index (χ0) is 31.7. The van der Waals surface area contributed by atoms with Crippen LogP contribution in [0.4, 0.5) is 0 Å². The molecule has 0 fully saturated rings. The molecule has 4 atom stereocenters. The molecule has 0 unspecified atom stereocenters. The van der Waals surface area contributed by atoms with Crippen LogP contribution in [0.5, 0.6) is 5.75 Å². The third-order valence-corrected chi connectivity index (χ3v) is 6.46. The second kappa shape index (κ2) is 15.0. The molecular formula is C30H42N4O7S. The molecule has 0 aliphatic rings. The van der Waals surface area contributed by atoms with Gasteiger partial charge in [-0.15, -0.1) is 0 Å². The van der Waals surface area contributed by atoms with E-state index in [0.29, 0.717) is 5.56 Å². The van der Waals surface area contributed by atoms with Crippen LogP contribution in [-0.2, 0) is 36.8 Å². The number of amides is 3. The molecule has 0 saturated heterocycles. The Balaban J connectivity index is 2.27. The molecule has 11 nitrogen and oxygen atoms in total. The number of carbonyl (C=O) groups is 4. The van der Waals surface area contributed by atoms with Crippen molar-refractivity contribution in [3.05, 3.63) is 65.7 Å². The summed E-state index contributed by atoms with van der Waals surface area (Å²) in [5.74, 6) is -3.26. The zero-order valence-corrected chi connectivity index (χ0v) is 25.5. The summed E-state index contributed by atoms with van der Waals surface area (Å²) in [5.41, 5.74) is 6.90. The molecule has 2 rings (SSSR count). The second-order valence-corrected chi connectivity index (χ2v) is 12.8. The first kappa shape index (κ1) is 34.6. The molecule has 0 spiro atoms. The van der Waals surface area contributed by atoms with Crippen LogP contribution in [0.1, 0.15) is 45.7 Å². The lowest BCUT2D eigenvalue weighted by Crippen LogP contribution is -2.60. The number of hydrogen-bond acceptors (Lipinski definition) is 8. The largest absolute Gasteiger partial charge is 0.508 e. The monoisotopic (exact) mass is 602 g/mol. The van der Waals surface area contributed by atoms with E-state index in [2.05, 4.69) is 28.6 Å². The Morgan fingerprint density at radius 3 is 1.86 bits per heavy atom. The molecule has 12 heteroatoms. The molecule has 0 aliphatic heterocycles. The number of carbonyl (C=O) groups excluding carboxylic acids is 3. The number of phenols is 1. The molecule has 0 aliphatic carbocycles. The predicted molar refractivity (Wildman–Crippen MR) is 162 cm³/mol. The molecule has 0 radical (unpaired) electrons. The lowest BCUT2D eigenvalue weighted by atomic mass is 10.0. The number of aromatic hydroxyl groups is 1. The van der Waals surface area contributed by atoms with E-state index in [4.69, 9.17) is 10.5 Å². The van der Waals surface area contributed by atoms with Gasteiger partial charge in [0.1, 0.15) is 23.9 Å². The predicted octanol–water partition coefficient (Wildman–Crippen LogP) is 1.57.